The van der Waals surface area contributed by atoms with Crippen molar-refractivity contribution in [3.05, 3.63) is 500 Å². The largest absolute Gasteiger partial charge is 0.303 e. The molecule has 0 aliphatic rings. The van der Waals surface area contributed by atoms with Crippen LogP contribution in [0.1, 0.15) is 22.3 Å². The van der Waals surface area contributed by atoms with Gasteiger partial charge >= 0.3 is 0 Å². The molecule has 0 aliphatic heterocycles. The van der Waals surface area contributed by atoms with Crippen LogP contribution in [0.25, 0.3) is 194 Å². The van der Waals surface area contributed by atoms with Crippen molar-refractivity contribution in [2.45, 2.75) is 26.2 Å². The topological polar surface area (TPSA) is 88.0 Å². The summed E-state index contributed by atoms with van der Waals surface area (Å²) in [5.41, 5.74) is 8.74. The standard InChI is InChI=1S/2C32H21NO.2C28H19NO/c34-32-28-15-6-5-13-26(28)27-14-7-8-16-30(27)33(32)20-29-24-11-3-2-10-22(24)19-23-18-17-21-9-1-4-12-25(21)31(23)29;34-32-28-15-6-5-13-25(28)27-14-7-8-16-31(27)33(32)20-30-24-12-4-2-10-22(24)19-29-23-11-3-1-9-21(23)17-18-26(29)30;30-28-25-14-4-3-12-23(25)24-13-5-6-15-27(24)29(28)18-22-11-7-10-21-16-19-8-1-2-9-20(19)17-26(21)22;30-28-26-11-4-3-9-24(26)25-10-5-6-12-27(25)29(28)18-19-13-14-22-16-20-7-1-2-8-21(20)17-23(22)15-19/h2*1-19H,20H2;2*1-17H,18H2. The van der Waals surface area contributed by atoms with Gasteiger partial charge in [0.25, 0.3) is 22.2 Å². The summed E-state index contributed by atoms with van der Waals surface area (Å²) in [6.07, 6.45) is 0. The summed E-state index contributed by atoms with van der Waals surface area (Å²) < 4.78 is 7.73. The van der Waals surface area contributed by atoms with E-state index in [-0.39, 0.29) is 22.2 Å². The molecule has 26 aromatic rings. The molecule has 0 bridgehead atoms. The molecule has 0 N–H and O–H groups in total. The van der Waals surface area contributed by atoms with E-state index in [1.54, 1.807) is 0 Å². The summed E-state index contributed by atoms with van der Waals surface area (Å²) in [5, 5.41) is 35.8. The smallest absolute Gasteiger partial charge is 0.259 e. The van der Waals surface area contributed by atoms with Crippen LogP contribution < -0.4 is 22.2 Å². The Kier molecular flexibility index (Phi) is 19.0. The van der Waals surface area contributed by atoms with E-state index in [1.165, 1.54) is 119 Å². The molecule has 0 radical (unpaired) electrons. The van der Waals surface area contributed by atoms with Crippen LogP contribution in [0.2, 0.25) is 0 Å². The summed E-state index contributed by atoms with van der Waals surface area (Å²) in [6.45, 7) is 2.11. The Balaban J connectivity index is 0.0000000978. The second-order valence-corrected chi connectivity index (χ2v) is 33.5. The number of aromatic nitrogens is 4. The first kappa shape index (κ1) is 76.2. The van der Waals surface area contributed by atoms with Crippen molar-refractivity contribution in [2.75, 3.05) is 0 Å². The van der Waals surface area contributed by atoms with Crippen molar-refractivity contribution < 1.29 is 0 Å². The maximum Gasteiger partial charge on any atom is 0.259 e. The number of nitrogens with zero attached hydrogens (tertiary/aromatic N) is 4. The fourth-order valence-electron chi connectivity index (χ4n) is 20.1. The zero-order valence-electron chi connectivity index (χ0n) is 69.8. The monoisotopic (exact) mass is 1640 g/mol. The van der Waals surface area contributed by atoms with Gasteiger partial charge in [-0.15, -0.1) is 0 Å². The molecule has 0 spiro atoms. The van der Waals surface area contributed by atoms with E-state index in [1.807, 2.05) is 176 Å². The number of pyridine rings is 4. The third kappa shape index (κ3) is 13.3. The van der Waals surface area contributed by atoms with Crippen LogP contribution in [0.3, 0.4) is 0 Å². The van der Waals surface area contributed by atoms with Gasteiger partial charge < -0.3 is 18.3 Å². The molecular weight excluding hydrogens is 1560 g/mol. The van der Waals surface area contributed by atoms with Crippen molar-refractivity contribution in [3.8, 4) is 0 Å². The zero-order chi connectivity index (χ0) is 85.5. The van der Waals surface area contributed by atoms with Crippen molar-refractivity contribution in [2.24, 2.45) is 0 Å². The van der Waals surface area contributed by atoms with Gasteiger partial charge in [0.1, 0.15) is 0 Å². The normalized spacial score (nSPS) is 11.7. The lowest BCUT2D eigenvalue weighted by molar-refractivity contribution is 0.803. The minimum absolute atomic E-state index is 0.0515. The predicted molar refractivity (Wildman–Crippen MR) is 540 cm³/mol. The predicted octanol–water partition coefficient (Wildman–Crippen LogP) is 28.3. The summed E-state index contributed by atoms with van der Waals surface area (Å²) in [4.78, 5) is 54.4. The van der Waals surface area contributed by atoms with Gasteiger partial charge in [-0.05, 0) is 243 Å². The molecule has 8 nitrogen and oxygen atoms in total. The Labute approximate surface area is 734 Å². The lowest BCUT2D eigenvalue weighted by atomic mass is 9.92. The number of para-hydroxylation sites is 4. The number of rotatable bonds is 8. The van der Waals surface area contributed by atoms with E-state index in [4.69, 9.17) is 0 Å². The molecule has 0 unspecified atom stereocenters. The molecule has 0 aliphatic carbocycles. The quantitative estimate of drug-likeness (QED) is 0.112. The molecule has 0 saturated heterocycles. The highest BCUT2D eigenvalue weighted by Gasteiger charge is 2.21. The maximum absolute atomic E-state index is 13.8. The Morgan fingerprint density at radius 2 is 0.438 bits per heavy atom. The number of benzene rings is 22. The molecule has 26 rings (SSSR count). The van der Waals surface area contributed by atoms with Gasteiger partial charge in [0.05, 0.1) is 48.2 Å². The van der Waals surface area contributed by atoms with E-state index in [2.05, 4.69) is 279 Å². The second-order valence-electron chi connectivity index (χ2n) is 33.5. The van der Waals surface area contributed by atoms with E-state index >= 15 is 0 Å². The Morgan fingerprint density at radius 1 is 0.148 bits per heavy atom. The minimum atomic E-state index is 0.0515. The third-order valence-electron chi connectivity index (χ3n) is 26.2. The first-order valence-corrected chi connectivity index (χ1v) is 43.6. The van der Waals surface area contributed by atoms with Crippen molar-refractivity contribution in [1.82, 2.24) is 18.3 Å². The van der Waals surface area contributed by atoms with Gasteiger partial charge in [-0.1, -0.05) is 346 Å². The third-order valence-corrected chi connectivity index (χ3v) is 26.2. The molecule has 0 saturated carbocycles. The lowest BCUT2D eigenvalue weighted by Gasteiger charge is -2.18. The molecule has 0 fully saturated rings. The van der Waals surface area contributed by atoms with Crippen LogP contribution >= 0.6 is 0 Å². The number of fused-ring (bicyclic) bond motifs is 24. The highest BCUT2D eigenvalue weighted by atomic mass is 16.1. The van der Waals surface area contributed by atoms with Crippen LogP contribution in [-0.4, -0.2) is 18.3 Å². The van der Waals surface area contributed by atoms with Gasteiger partial charge in [0.15, 0.2) is 0 Å². The molecule has 4 heterocycles. The van der Waals surface area contributed by atoms with Crippen LogP contribution in [0.5, 0.6) is 0 Å². The van der Waals surface area contributed by atoms with Crippen LogP contribution in [0, 0.1) is 0 Å². The van der Waals surface area contributed by atoms with Gasteiger partial charge in [0.2, 0.25) is 0 Å². The SMILES string of the molecule is O=c1c2ccccc2c2ccccc2n1Cc1c2ccccc2cc2c1ccc1ccccc12.O=c1c2ccccc2c2ccccc2n1Cc1c2ccccc2cc2ccc3ccccc3c12.O=c1c2ccccc2c2ccccc2n1Cc1ccc2cc3ccccc3cc2c1.O=c1c2ccccc2c2ccccc2n1Cc1cccc2cc3ccccc3cc12. The van der Waals surface area contributed by atoms with Gasteiger partial charge in [-0.2, -0.15) is 0 Å². The van der Waals surface area contributed by atoms with Gasteiger partial charge in [-0.25, -0.2) is 0 Å². The zero-order valence-corrected chi connectivity index (χ0v) is 69.8. The Hall–Kier alpha value is -16.7. The first-order valence-electron chi connectivity index (χ1n) is 43.6. The Morgan fingerprint density at radius 3 is 0.930 bits per heavy atom. The van der Waals surface area contributed by atoms with Crippen molar-refractivity contribution >= 4 is 194 Å². The Bertz CT molecular complexity index is 9350. The molecule has 4 aromatic heterocycles. The fourth-order valence-corrected chi connectivity index (χ4v) is 20.1. The number of hydrogen-bond acceptors (Lipinski definition) is 4. The van der Waals surface area contributed by atoms with Gasteiger partial charge in [-0.3, -0.25) is 19.2 Å². The van der Waals surface area contributed by atoms with Gasteiger partial charge in [0, 0.05) is 43.1 Å². The van der Waals surface area contributed by atoms with Crippen LogP contribution in [0.4, 0.5) is 0 Å². The number of hydrogen-bond donors (Lipinski definition) is 0. The molecule has 128 heavy (non-hydrogen) atoms. The van der Waals surface area contributed by atoms with Crippen molar-refractivity contribution in [3.63, 3.8) is 0 Å². The molecule has 22 aromatic carbocycles. The van der Waals surface area contributed by atoms with E-state index in [9.17, 15) is 19.2 Å². The molecular formula is C120H80N4O4. The average Bonchev–Trinajstić information content (AvgIpc) is 0.762. The highest BCUT2D eigenvalue weighted by Crippen LogP contribution is 2.40. The highest BCUT2D eigenvalue weighted by molar-refractivity contribution is 6.18. The summed E-state index contributed by atoms with van der Waals surface area (Å²) in [7, 11) is 0. The van der Waals surface area contributed by atoms with E-state index in [0.717, 1.165) is 97.8 Å². The molecule has 0 atom stereocenters. The summed E-state index contributed by atoms with van der Waals surface area (Å²) in [6, 6.07) is 151. The van der Waals surface area contributed by atoms with Crippen LogP contribution in [0.15, 0.2) is 456 Å². The second kappa shape index (κ2) is 31.9. The molecule has 604 valence electrons. The average molecular weight is 1640 g/mol. The van der Waals surface area contributed by atoms with E-state index in [0.29, 0.717) is 26.2 Å². The summed E-state index contributed by atoms with van der Waals surface area (Å²) >= 11 is 0. The molecule has 8 heteroatoms. The minimum Gasteiger partial charge on any atom is -0.303 e. The fraction of sp³-hybridized carbons (Fsp3) is 0.0333. The molecule has 0 amide bonds. The maximum atomic E-state index is 13.8. The lowest BCUT2D eigenvalue weighted by Crippen LogP contribution is -2.21. The first-order chi connectivity index (χ1) is 63.2. The van der Waals surface area contributed by atoms with Crippen LogP contribution in [-0.2, 0) is 26.2 Å². The summed E-state index contributed by atoms with van der Waals surface area (Å²) in [5.74, 6) is 0. The van der Waals surface area contributed by atoms with Crippen molar-refractivity contribution in [1.29, 1.82) is 0 Å². The van der Waals surface area contributed by atoms with E-state index < -0.39 is 0 Å².